The summed E-state index contributed by atoms with van der Waals surface area (Å²) in [6, 6.07) is 14.1. The lowest BCUT2D eigenvalue weighted by Gasteiger charge is -2.13. The van der Waals surface area contributed by atoms with Crippen molar-refractivity contribution in [3.05, 3.63) is 85.9 Å². The van der Waals surface area contributed by atoms with Gasteiger partial charge >= 0.3 is 5.69 Å². The molecule has 0 bridgehead atoms. The fourth-order valence-electron chi connectivity index (χ4n) is 3.57. The summed E-state index contributed by atoms with van der Waals surface area (Å²) in [5, 5.41) is 4.52. The SMILES string of the molecule is COc1ccc(NC(=O)Cn2c(=O)n(-c3cc(C)cc(C)c3)c(=O)c3sccc32)cc1. The number of nitrogens with one attached hydrogen (secondary N) is 1. The second-order valence-corrected chi connectivity index (χ2v) is 8.18. The molecule has 0 saturated heterocycles. The zero-order valence-electron chi connectivity index (χ0n) is 17.3. The van der Waals surface area contributed by atoms with E-state index in [0.717, 1.165) is 15.7 Å². The van der Waals surface area contributed by atoms with Crippen molar-refractivity contribution in [1.29, 1.82) is 0 Å². The molecule has 0 fully saturated rings. The van der Waals surface area contributed by atoms with E-state index in [1.807, 2.05) is 19.9 Å². The summed E-state index contributed by atoms with van der Waals surface area (Å²) < 4.78 is 8.02. The fraction of sp³-hybridized carbons (Fsp3) is 0.174. The molecule has 8 heteroatoms. The molecule has 0 atom stereocenters. The molecule has 0 aliphatic rings. The summed E-state index contributed by atoms with van der Waals surface area (Å²) in [6.45, 7) is 3.60. The Balaban J connectivity index is 1.77. The van der Waals surface area contributed by atoms with Gasteiger partial charge in [-0.25, -0.2) is 9.36 Å². The van der Waals surface area contributed by atoms with Crippen LogP contribution in [0, 0.1) is 13.8 Å². The highest BCUT2D eigenvalue weighted by molar-refractivity contribution is 7.17. The minimum Gasteiger partial charge on any atom is -0.497 e. The topological polar surface area (TPSA) is 82.3 Å². The summed E-state index contributed by atoms with van der Waals surface area (Å²) >= 11 is 1.25. The number of ether oxygens (including phenoxy) is 1. The summed E-state index contributed by atoms with van der Waals surface area (Å²) in [5.41, 5.74) is 2.48. The number of amides is 1. The lowest BCUT2D eigenvalue weighted by molar-refractivity contribution is -0.116. The molecule has 0 saturated carbocycles. The van der Waals surface area contributed by atoms with Crippen LogP contribution in [0.25, 0.3) is 15.9 Å². The Morgan fingerprint density at radius 1 is 1.03 bits per heavy atom. The van der Waals surface area contributed by atoms with Crippen molar-refractivity contribution in [3.63, 3.8) is 0 Å². The lowest BCUT2D eigenvalue weighted by Crippen LogP contribution is -2.40. The van der Waals surface area contributed by atoms with Crippen LogP contribution in [-0.2, 0) is 11.3 Å². The minimum atomic E-state index is -0.550. The van der Waals surface area contributed by atoms with Crippen molar-refractivity contribution in [1.82, 2.24) is 9.13 Å². The van der Waals surface area contributed by atoms with Crippen LogP contribution in [0.15, 0.2) is 63.5 Å². The number of methoxy groups -OCH3 is 1. The molecule has 158 valence electrons. The number of carbonyl (C=O) groups is 1. The molecule has 0 unspecified atom stereocenters. The second-order valence-electron chi connectivity index (χ2n) is 7.27. The Kier molecular flexibility index (Phi) is 5.48. The van der Waals surface area contributed by atoms with Crippen LogP contribution < -0.4 is 21.3 Å². The van der Waals surface area contributed by atoms with Gasteiger partial charge in [0.2, 0.25) is 5.91 Å². The van der Waals surface area contributed by atoms with Gasteiger partial charge in [0.1, 0.15) is 17.0 Å². The number of benzene rings is 2. The van der Waals surface area contributed by atoms with E-state index in [1.165, 1.54) is 15.9 Å². The molecule has 1 amide bonds. The van der Waals surface area contributed by atoms with Crippen molar-refractivity contribution in [3.8, 4) is 11.4 Å². The lowest BCUT2D eigenvalue weighted by atomic mass is 10.1. The number of hydrogen-bond acceptors (Lipinski definition) is 5. The third-order valence-electron chi connectivity index (χ3n) is 4.89. The number of rotatable bonds is 5. The van der Waals surface area contributed by atoms with E-state index in [9.17, 15) is 14.4 Å². The third kappa shape index (κ3) is 4.02. The molecule has 0 aliphatic carbocycles. The van der Waals surface area contributed by atoms with Crippen molar-refractivity contribution in [2.75, 3.05) is 12.4 Å². The first-order valence-corrected chi connectivity index (χ1v) is 10.5. The van der Waals surface area contributed by atoms with E-state index in [-0.39, 0.29) is 18.0 Å². The van der Waals surface area contributed by atoms with E-state index in [4.69, 9.17) is 4.74 Å². The predicted octanol–water partition coefficient (Wildman–Crippen LogP) is 3.48. The maximum absolute atomic E-state index is 13.3. The average molecular weight is 436 g/mol. The standard InChI is InChI=1S/C23H21N3O4S/c1-14-10-15(2)12-17(11-14)26-22(28)21-19(8-9-31-21)25(23(26)29)13-20(27)24-16-4-6-18(30-3)7-5-16/h4-12H,13H2,1-3H3,(H,24,27). The summed E-state index contributed by atoms with van der Waals surface area (Å²) in [4.78, 5) is 39.1. The predicted molar refractivity (Wildman–Crippen MR) is 123 cm³/mol. The monoisotopic (exact) mass is 435 g/mol. The number of nitrogens with zero attached hydrogens (tertiary/aromatic N) is 2. The van der Waals surface area contributed by atoms with Crippen molar-refractivity contribution in [2.45, 2.75) is 20.4 Å². The Bertz CT molecular complexity index is 1380. The van der Waals surface area contributed by atoms with Gasteiger partial charge < -0.3 is 10.1 Å². The molecule has 4 aromatic rings. The minimum absolute atomic E-state index is 0.219. The molecule has 2 aromatic carbocycles. The molecule has 4 rings (SSSR count). The zero-order chi connectivity index (χ0) is 22.1. The quantitative estimate of drug-likeness (QED) is 0.520. The molecule has 31 heavy (non-hydrogen) atoms. The number of anilines is 1. The van der Waals surface area contributed by atoms with E-state index < -0.39 is 5.69 Å². The average Bonchev–Trinajstić information content (AvgIpc) is 3.21. The smallest absolute Gasteiger partial charge is 0.336 e. The fourth-order valence-corrected chi connectivity index (χ4v) is 4.39. The van der Waals surface area contributed by atoms with E-state index >= 15 is 0 Å². The summed E-state index contributed by atoms with van der Waals surface area (Å²) in [6.07, 6.45) is 0. The van der Waals surface area contributed by atoms with Gasteiger partial charge in [-0.3, -0.25) is 14.2 Å². The van der Waals surface area contributed by atoms with Crippen LogP contribution in [0.1, 0.15) is 11.1 Å². The normalized spacial score (nSPS) is 10.9. The van der Waals surface area contributed by atoms with E-state index in [2.05, 4.69) is 5.32 Å². The molecule has 2 heterocycles. The maximum Gasteiger partial charge on any atom is 0.336 e. The van der Waals surface area contributed by atoms with Gasteiger partial charge in [0, 0.05) is 5.69 Å². The molecular weight excluding hydrogens is 414 g/mol. The van der Waals surface area contributed by atoms with Gasteiger partial charge in [0.25, 0.3) is 5.56 Å². The Morgan fingerprint density at radius 2 is 1.71 bits per heavy atom. The molecule has 0 aliphatic heterocycles. The number of aromatic nitrogens is 2. The second kappa shape index (κ2) is 8.23. The van der Waals surface area contributed by atoms with Gasteiger partial charge in [-0.15, -0.1) is 11.3 Å². The van der Waals surface area contributed by atoms with E-state index in [1.54, 1.807) is 55.0 Å². The first-order chi connectivity index (χ1) is 14.9. The van der Waals surface area contributed by atoms with Crippen LogP contribution in [0.5, 0.6) is 5.75 Å². The largest absolute Gasteiger partial charge is 0.497 e. The third-order valence-corrected chi connectivity index (χ3v) is 5.79. The van der Waals surface area contributed by atoms with Crippen molar-refractivity contribution >= 4 is 33.1 Å². The zero-order valence-corrected chi connectivity index (χ0v) is 18.2. The molecule has 0 radical (unpaired) electrons. The van der Waals surface area contributed by atoms with Crippen molar-refractivity contribution in [2.24, 2.45) is 0 Å². The summed E-state index contributed by atoms with van der Waals surface area (Å²) in [5.74, 6) is 0.306. The van der Waals surface area contributed by atoms with E-state index in [0.29, 0.717) is 27.3 Å². The molecule has 0 spiro atoms. The van der Waals surface area contributed by atoms with Crippen LogP contribution in [0.2, 0.25) is 0 Å². The number of hydrogen-bond donors (Lipinski definition) is 1. The Hall–Kier alpha value is -3.65. The van der Waals surface area contributed by atoms with Crippen LogP contribution in [-0.4, -0.2) is 22.2 Å². The highest BCUT2D eigenvalue weighted by Gasteiger charge is 2.18. The molecule has 7 nitrogen and oxygen atoms in total. The Labute approximate surface area is 182 Å². The highest BCUT2D eigenvalue weighted by atomic mass is 32.1. The van der Waals surface area contributed by atoms with Crippen molar-refractivity contribution < 1.29 is 9.53 Å². The Morgan fingerprint density at radius 3 is 2.35 bits per heavy atom. The summed E-state index contributed by atoms with van der Waals surface area (Å²) in [7, 11) is 1.57. The first-order valence-electron chi connectivity index (χ1n) is 9.63. The molecular formula is C23H21N3O4S. The highest BCUT2D eigenvalue weighted by Crippen LogP contribution is 2.18. The van der Waals surface area contributed by atoms with Gasteiger partial charge in [-0.05, 0) is 72.8 Å². The van der Waals surface area contributed by atoms with Gasteiger partial charge in [0.15, 0.2) is 0 Å². The number of fused-ring (bicyclic) bond motifs is 1. The van der Waals surface area contributed by atoms with Crippen LogP contribution in [0.3, 0.4) is 0 Å². The maximum atomic E-state index is 13.3. The van der Waals surface area contributed by atoms with Gasteiger partial charge in [0.05, 0.1) is 18.3 Å². The molecule has 1 N–H and O–H groups in total. The van der Waals surface area contributed by atoms with Gasteiger partial charge in [-0.2, -0.15) is 0 Å². The first kappa shape index (κ1) is 20.6. The number of aryl methyl sites for hydroxylation is 2. The molecule has 2 aromatic heterocycles. The van der Waals surface area contributed by atoms with Crippen LogP contribution in [0.4, 0.5) is 5.69 Å². The van der Waals surface area contributed by atoms with Gasteiger partial charge in [-0.1, -0.05) is 6.07 Å². The van der Waals surface area contributed by atoms with Crippen LogP contribution >= 0.6 is 11.3 Å². The number of carbonyl (C=O) groups excluding carboxylic acids is 1. The number of thiophene rings is 1.